The second-order valence-corrected chi connectivity index (χ2v) is 5.21. The molecule has 0 fully saturated rings. The minimum absolute atomic E-state index is 0.0578. The van der Waals surface area contributed by atoms with Gasteiger partial charge < -0.3 is 0 Å². The van der Waals surface area contributed by atoms with Crippen LogP contribution >= 0.6 is 34.2 Å². The molecule has 0 aliphatic rings. The third-order valence-electron chi connectivity index (χ3n) is 2.28. The van der Waals surface area contributed by atoms with E-state index in [0.717, 1.165) is 17.8 Å². The Bertz CT molecular complexity index is 466. The van der Waals surface area contributed by atoms with Gasteiger partial charge in [-0.15, -0.1) is 16.7 Å². The van der Waals surface area contributed by atoms with Crippen molar-refractivity contribution in [2.45, 2.75) is 18.7 Å². The summed E-state index contributed by atoms with van der Waals surface area (Å²) in [6.07, 6.45) is 2.73. The van der Waals surface area contributed by atoms with Gasteiger partial charge in [0.2, 0.25) is 0 Å². The van der Waals surface area contributed by atoms with E-state index in [4.69, 9.17) is 11.6 Å². The Morgan fingerprint density at radius 3 is 2.69 bits per heavy atom. The summed E-state index contributed by atoms with van der Waals surface area (Å²) in [6, 6.07) is 8.09. The van der Waals surface area contributed by atoms with Crippen molar-refractivity contribution in [2.24, 2.45) is 0 Å². The lowest BCUT2D eigenvalue weighted by Gasteiger charge is -2.00. The molecule has 3 nitrogen and oxygen atoms in total. The number of nitrogens with zero attached hydrogens (tertiary/aromatic N) is 3. The number of alkyl halides is 1. The third kappa shape index (κ3) is 2.55. The van der Waals surface area contributed by atoms with Crippen LogP contribution in [0.25, 0.3) is 5.69 Å². The number of rotatable bonds is 3. The Kier molecular flexibility index (Phi) is 3.81. The van der Waals surface area contributed by atoms with Gasteiger partial charge in [0, 0.05) is 3.57 Å². The summed E-state index contributed by atoms with van der Waals surface area (Å²) in [4.78, 5) is 0. The van der Waals surface area contributed by atoms with Crippen LogP contribution in [-0.4, -0.2) is 15.0 Å². The number of hydrogen-bond acceptors (Lipinski definition) is 2. The normalized spacial score (nSPS) is 12.7. The van der Waals surface area contributed by atoms with Gasteiger partial charge in [-0.3, -0.25) is 0 Å². The molecule has 0 saturated heterocycles. The second-order valence-electron chi connectivity index (χ2n) is 3.44. The van der Waals surface area contributed by atoms with Crippen molar-refractivity contribution in [3.05, 3.63) is 39.7 Å². The summed E-state index contributed by atoms with van der Waals surface area (Å²) in [5.74, 6) is 0. The number of hydrogen-bond donors (Lipinski definition) is 0. The zero-order chi connectivity index (χ0) is 11.5. The monoisotopic (exact) mass is 347 g/mol. The van der Waals surface area contributed by atoms with Gasteiger partial charge in [0.15, 0.2) is 0 Å². The van der Waals surface area contributed by atoms with Crippen LogP contribution in [0.15, 0.2) is 30.5 Å². The first-order chi connectivity index (χ1) is 7.70. The fourth-order valence-electron chi connectivity index (χ4n) is 1.35. The van der Waals surface area contributed by atoms with Crippen LogP contribution < -0.4 is 0 Å². The number of halogens is 2. The number of benzene rings is 1. The SMILES string of the molecule is CCC(Cl)c1cn(-c2ccc(I)cc2)nn1. The highest BCUT2D eigenvalue weighted by Gasteiger charge is 2.10. The molecule has 0 aliphatic carbocycles. The fraction of sp³-hybridized carbons (Fsp3) is 0.273. The zero-order valence-electron chi connectivity index (χ0n) is 8.77. The smallest absolute Gasteiger partial charge is 0.101 e. The lowest BCUT2D eigenvalue weighted by atomic mass is 10.2. The predicted octanol–water partition coefficient (Wildman–Crippen LogP) is 3.56. The van der Waals surface area contributed by atoms with Crippen molar-refractivity contribution in [3.63, 3.8) is 0 Å². The Balaban J connectivity index is 2.28. The van der Waals surface area contributed by atoms with E-state index in [1.165, 1.54) is 3.57 Å². The van der Waals surface area contributed by atoms with E-state index in [1.807, 2.05) is 37.4 Å². The van der Waals surface area contributed by atoms with Crippen molar-refractivity contribution in [1.29, 1.82) is 0 Å². The molecule has 2 aromatic rings. The Labute approximate surface area is 113 Å². The van der Waals surface area contributed by atoms with Crippen molar-refractivity contribution in [3.8, 4) is 5.69 Å². The molecule has 1 atom stereocenters. The largest absolute Gasteiger partial charge is 0.220 e. The van der Waals surface area contributed by atoms with Crippen LogP contribution in [0.4, 0.5) is 0 Å². The lowest BCUT2D eigenvalue weighted by molar-refractivity contribution is 0.785. The maximum atomic E-state index is 6.10. The minimum atomic E-state index is -0.0578. The average Bonchev–Trinajstić information content (AvgIpc) is 2.78. The highest BCUT2D eigenvalue weighted by Crippen LogP contribution is 2.21. The molecule has 1 heterocycles. The predicted molar refractivity (Wildman–Crippen MR) is 73.0 cm³/mol. The first kappa shape index (κ1) is 11.9. The molecule has 0 amide bonds. The molecule has 5 heteroatoms. The summed E-state index contributed by atoms with van der Waals surface area (Å²) >= 11 is 8.37. The van der Waals surface area contributed by atoms with Crippen molar-refractivity contribution in [2.75, 3.05) is 0 Å². The van der Waals surface area contributed by atoms with Gasteiger partial charge in [-0.2, -0.15) is 0 Å². The van der Waals surface area contributed by atoms with Crippen LogP contribution in [0.5, 0.6) is 0 Å². The first-order valence-electron chi connectivity index (χ1n) is 5.03. The molecule has 84 valence electrons. The molecule has 0 bridgehead atoms. The standard InChI is InChI=1S/C11H11ClIN3/c1-2-10(12)11-7-16(15-14-11)9-5-3-8(13)4-6-9/h3-7,10H,2H2,1H3. The highest BCUT2D eigenvalue weighted by molar-refractivity contribution is 14.1. The fourth-order valence-corrected chi connectivity index (χ4v) is 1.81. The van der Waals surface area contributed by atoms with Crippen molar-refractivity contribution >= 4 is 34.2 Å². The van der Waals surface area contributed by atoms with E-state index >= 15 is 0 Å². The van der Waals surface area contributed by atoms with Crippen LogP contribution in [0.3, 0.4) is 0 Å². The molecule has 0 aliphatic heterocycles. The molecule has 2 rings (SSSR count). The topological polar surface area (TPSA) is 30.7 Å². The minimum Gasteiger partial charge on any atom is -0.220 e. The van der Waals surface area contributed by atoms with Gasteiger partial charge >= 0.3 is 0 Å². The third-order valence-corrected chi connectivity index (χ3v) is 3.53. The van der Waals surface area contributed by atoms with E-state index in [1.54, 1.807) is 4.68 Å². The Hall–Kier alpha value is -0.620. The van der Waals surface area contributed by atoms with Crippen LogP contribution in [0, 0.1) is 3.57 Å². The van der Waals surface area contributed by atoms with Crippen LogP contribution in [-0.2, 0) is 0 Å². The highest BCUT2D eigenvalue weighted by atomic mass is 127. The molecule has 1 aromatic heterocycles. The molecule has 1 unspecified atom stereocenters. The quantitative estimate of drug-likeness (QED) is 0.628. The summed E-state index contributed by atoms with van der Waals surface area (Å²) in [5, 5.41) is 8.07. The van der Waals surface area contributed by atoms with Gasteiger partial charge in [0.1, 0.15) is 5.69 Å². The maximum absolute atomic E-state index is 6.10. The Morgan fingerprint density at radius 1 is 1.38 bits per heavy atom. The van der Waals surface area contributed by atoms with E-state index < -0.39 is 0 Å². The molecule has 0 radical (unpaired) electrons. The molecule has 0 saturated carbocycles. The van der Waals surface area contributed by atoms with Crippen LogP contribution in [0.2, 0.25) is 0 Å². The van der Waals surface area contributed by atoms with Gasteiger partial charge in [0.25, 0.3) is 0 Å². The molecule has 0 N–H and O–H groups in total. The second kappa shape index (κ2) is 5.14. The van der Waals surface area contributed by atoms with Gasteiger partial charge in [-0.05, 0) is 53.3 Å². The van der Waals surface area contributed by atoms with Gasteiger partial charge in [-0.25, -0.2) is 4.68 Å². The Morgan fingerprint density at radius 2 is 2.06 bits per heavy atom. The summed E-state index contributed by atoms with van der Waals surface area (Å²) < 4.78 is 2.95. The van der Waals surface area contributed by atoms with Gasteiger partial charge in [0.05, 0.1) is 17.3 Å². The maximum Gasteiger partial charge on any atom is 0.101 e. The molecular weight excluding hydrogens is 336 g/mol. The molecule has 1 aromatic carbocycles. The van der Waals surface area contributed by atoms with E-state index in [-0.39, 0.29) is 5.38 Å². The zero-order valence-corrected chi connectivity index (χ0v) is 11.7. The van der Waals surface area contributed by atoms with E-state index in [9.17, 15) is 0 Å². The lowest BCUT2D eigenvalue weighted by Crippen LogP contribution is -1.94. The first-order valence-corrected chi connectivity index (χ1v) is 6.54. The van der Waals surface area contributed by atoms with Crippen molar-refractivity contribution < 1.29 is 0 Å². The molecule has 0 spiro atoms. The summed E-state index contributed by atoms with van der Waals surface area (Å²) in [6.45, 7) is 2.03. The molecular formula is C11H11ClIN3. The van der Waals surface area contributed by atoms with Crippen LogP contribution in [0.1, 0.15) is 24.4 Å². The summed E-state index contributed by atoms with van der Waals surface area (Å²) in [7, 11) is 0. The van der Waals surface area contributed by atoms with E-state index in [0.29, 0.717) is 0 Å². The van der Waals surface area contributed by atoms with E-state index in [2.05, 4.69) is 32.9 Å². The molecule has 16 heavy (non-hydrogen) atoms. The number of aromatic nitrogens is 3. The van der Waals surface area contributed by atoms with Gasteiger partial charge in [-0.1, -0.05) is 12.1 Å². The van der Waals surface area contributed by atoms with Crippen molar-refractivity contribution in [1.82, 2.24) is 15.0 Å². The average molecular weight is 348 g/mol. The summed E-state index contributed by atoms with van der Waals surface area (Å²) in [5.41, 5.74) is 1.82.